The monoisotopic (exact) mass is 440 g/mol. The van der Waals surface area contributed by atoms with Gasteiger partial charge in [-0.1, -0.05) is 73.3 Å². The lowest BCUT2D eigenvalue weighted by Crippen LogP contribution is -2.27. The number of rotatable bonds is 9. The van der Waals surface area contributed by atoms with Gasteiger partial charge in [-0.2, -0.15) is 0 Å². The van der Waals surface area contributed by atoms with Crippen LogP contribution in [0, 0.1) is 0 Å². The zero-order valence-electron chi connectivity index (χ0n) is 18.7. The standard InChI is InChI=1S/C28H28N2O3/c1-3-8-23-18-24(14-11-21(23)4-2)30-28(32)26(19-29)22-12-15-25(16-13-22)33-27(31)17-20-9-6-5-7-10-20/h3-16,18,26H,2,17,19,29H2,1H3,(H,30,32)/b8-3-. The molecule has 5 heteroatoms. The molecule has 3 aromatic carbocycles. The summed E-state index contributed by atoms with van der Waals surface area (Å²) in [5.74, 6) is -0.665. The molecule has 0 fully saturated rings. The van der Waals surface area contributed by atoms with Gasteiger partial charge < -0.3 is 15.8 Å². The smallest absolute Gasteiger partial charge is 0.315 e. The number of nitrogens with two attached hydrogens (primary N) is 1. The van der Waals surface area contributed by atoms with Gasteiger partial charge in [0, 0.05) is 12.2 Å². The summed E-state index contributed by atoms with van der Waals surface area (Å²) in [6.07, 6.45) is 5.86. The molecule has 0 saturated heterocycles. The summed E-state index contributed by atoms with van der Waals surface area (Å²) >= 11 is 0. The van der Waals surface area contributed by atoms with Crippen molar-refractivity contribution < 1.29 is 14.3 Å². The number of carbonyl (C=O) groups is 2. The first-order chi connectivity index (χ1) is 16.0. The predicted molar refractivity (Wildman–Crippen MR) is 134 cm³/mol. The number of ether oxygens (including phenoxy) is 1. The summed E-state index contributed by atoms with van der Waals surface area (Å²) in [4.78, 5) is 25.1. The summed E-state index contributed by atoms with van der Waals surface area (Å²) in [5, 5.41) is 2.94. The van der Waals surface area contributed by atoms with Crippen LogP contribution in [0.1, 0.15) is 35.1 Å². The molecule has 0 radical (unpaired) electrons. The molecular formula is C28H28N2O3. The number of amides is 1. The molecule has 1 atom stereocenters. The van der Waals surface area contributed by atoms with Crippen LogP contribution in [-0.4, -0.2) is 18.4 Å². The van der Waals surface area contributed by atoms with Crippen LogP contribution in [-0.2, 0) is 16.0 Å². The SMILES string of the molecule is C=Cc1ccc(NC(=O)C(CN)c2ccc(OC(=O)Cc3ccccc3)cc2)cc1/C=C\C. The van der Waals surface area contributed by atoms with E-state index in [9.17, 15) is 9.59 Å². The second-order valence-corrected chi connectivity index (χ2v) is 7.53. The van der Waals surface area contributed by atoms with Gasteiger partial charge in [0.2, 0.25) is 5.91 Å². The second kappa shape index (κ2) is 11.6. The van der Waals surface area contributed by atoms with Crippen molar-refractivity contribution in [2.75, 3.05) is 11.9 Å². The van der Waals surface area contributed by atoms with Crippen molar-refractivity contribution in [1.82, 2.24) is 0 Å². The van der Waals surface area contributed by atoms with Gasteiger partial charge in [-0.25, -0.2) is 0 Å². The van der Waals surface area contributed by atoms with Crippen molar-refractivity contribution in [3.8, 4) is 5.75 Å². The topological polar surface area (TPSA) is 81.4 Å². The van der Waals surface area contributed by atoms with Crippen molar-refractivity contribution >= 4 is 29.7 Å². The van der Waals surface area contributed by atoms with Crippen LogP contribution in [0.5, 0.6) is 5.75 Å². The molecule has 0 aliphatic heterocycles. The molecule has 3 rings (SSSR count). The normalized spacial score (nSPS) is 11.7. The number of anilines is 1. The average molecular weight is 441 g/mol. The lowest BCUT2D eigenvalue weighted by Gasteiger charge is -2.16. The zero-order valence-corrected chi connectivity index (χ0v) is 18.7. The average Bonchev–Trinajstić information content (AvgIpc) is 2.82. The Morgan fingerprint density at radius 2 is 1.76 bits per heavy atom. The Hall–Kier alpha value is -3.96. The van der Waals surface area contributed by atoms with E-state index < -0.39 is 5.92 Å². The van der Waals surface area contributed by atoms with Gasteiger partial charge in [-0.3, -0.25) is 9.59 Å². The van der Waals surface area contributed by atoms with Crippen molar-refractivity contribution in [2.45, 2.75) is 19.3 Å². The molecule has 3 N–H and O–H groups in total. The van der Waals surface area contributed by atoms with Crippen LogP contribution in [0.15, 0.2) is 85.5 Å². The lowest BCUT2D eigenvalue weighted by atomic mass is 9.98. The molecule has 33 heavy (non-hydrogen) atoms. The molecule has 0 spiro atoms. The minimum Gasteiger partial charge on any atom is -0.426 e. The van der Waals surface area contributed by atoms with Crippen molar-refractivity contribution in [3.63, 3.8) is 0 Å². The minimum absolute atomic E-state index is 0.144. The van der Waals surface area contributed by atoms with Crippen LogP contribution < -0.4 is 15.8 Å². The number of allylic oxidation sites excluding steroid dienone is 1. The van der Waals surface area contributed by atoms with Gasteiger partial charge in [0.05, 0.1) is 12.3 Å². The first-order valence-electron chi connectivity index (χ1n) is 10.8. The molecule has 0 heterocycles. The van der Waals surface area contributed by atoms with Gasteiger partial charge >= 0.3 is 5.97 Å². The van der Waals surface area contributed by atoms with Crippen molar-refractivity contribution in [2.24, 2.45) is 5.73 Å². The highest BCUT2D eigenvalue weighted by molar-refractivity contribution is 5.96. The van der Waals surface area contributed by atoms with Crippen LogP contribution in [0.2, 0.25) is 0 Å². The molecule has 1 amide bonds. The van der Waals surface area contributed by atoms with Crippen molar-refractivity contribution in [1.29, 1.82) is 0 Å². The maximum Gasteiger partial charge on any atom is 0.315 e. The molecule has 0 bridgehead atoms. The van der Waals surface area contributed by atoms with Crippen molar-refractivity contribution in [3.05, 3.63) is 108 Å². The van der Waals surface area contributed by atoms with Crippen LogP contribution in [0.25, 0.3) is 12.2 Å². The maximum absolute atomic E-state index is 12.9. The fourth-order valence-electron chi connectivity index (χ4n) is 3.48. The second-order valence-electron chi connectivity index (χ2n) is 7.53. The van der Waals surface area contributed by atoms with Gasteiger partial charge in [-0.05, 0) is 53.4 Å². The number of esters is 1. The molecule has 5 nitrogen and oxygen atoms in total. The van der Waals surface area contributed by atoms with E-state index in [2.05, 4.69) is 11.9 Å². The van der Waals surface area contributed by atoms with E-state index in [-0.39, 0.29) is 24.8 Å². The molecule has 0 aliphatic rings. The van der Waals surface area contributed by atoms with E-state index in [0.29, 0.717) is 11.4 Å². The van der Waals surface area contributed by atoms with E-state index in [4.69, 9.17) is 10.5 Å². The Bertz CT molecular complexity index is 1140. The summed E-state index contributed by atoms with van der Waals surface area (Å²) in [6, 6.07) is 21.9. The van der Waals surface area contributed by atoms with Crippen LogP contribution >= 0.6 is 0 Å². The number of hydrogen-bond donors (Lipinski definition) is 2. The third-order valence-electron chi connectivity index (χ3n) is 5.18. The lowest BCUT2D eigenvalue weighted by molar-refractivity contribution is -0.133. The van der Waals surface area contributed by atoms with E-state index in [1.807, 2.05) is 67.6 Å². The summed E-state index contributed by atoms with van der Waals surface area (Å²) in [6.45, 7) is 5.90. The van der Waals surface area contributed by atoms with Gasteiger partial charge in [0.15, 0.2) is 0 Å². The highest BCUT2D eigenvalue weighted by atomic mass is 16.5. The van der Waals surface area contributed by atoms with Gasteiger partial charge in [0.1, 0.15) is 5.75 Å². The van der Waals surface area contributed by atoms with Crippen LogP contribution in [0.4, 0.5) is 5.69 Å². The number of nitrogens with one attached hydrogen (secondary N) is 1. The Labute approximate surface area is 194 Å². The van der Waals surface area contributed by atoms with E-state index in [1.54, 1.807) is 30.3 Å². The van der Waals surface area contributed by atoms with Crippen LogP contribution in [0.3, 0.4) is 0 Å². The molecule has 1 unspecified atom stereocenters. The number of carbonyl (C=O) groups excluding carboxylic acids is 2. The fourth-order valence-corrected chi connectivity index (χ4v) is 3.48. The van der Waals surface area contributed by atoms with Gasteiger partial charge in [-0.15, -0.1) is 0 Å². The number of benzene rings is 3. The summed E-state index contributed by atoms with van der Waals surface area (Å²) in [5.41, 5.74) is 10.2. The molecular weight excluding hydrogens is 412 g/mol. The molecule has 168 valence electrons. The van der Waals surface area contributed by atoms with E-state index in [1.165, 1.54) is 0 Å². The quantitative estimate of drug-likeness (QED) is 0.354. The highest BCUT2D eigenvalue weighted by Gasteiger charge is 2.20. The Morgan fingerprint density at radius 1 is 1.03 bits per heavy atom. The zero-order chi connectivity index (χ0) is 23.6. The predicted octanol–water partition coefficient (Wildman–Crippen LogP) is 5.19. The first kappa shape index (κ1) is 23.7. The molecule has 0 aromatic heterocycles. The third kappa shape index (κ3) is 6.51. The Kier molecular flexibility index (Phi) is 8.33. The summed E-state index contributed by atoms with van der Waals surface area (Å²) < 4.78 is 5.42. The third-order valence-corrected chi connectivity index (χ3v) is 5.18. The molecule has 0 aliphatic carbocycles. The molecule has 0 saturated carbocycles. The van der Waals surface area contributed by atoms with Gasteiger partial charge in [0.25, 0.3) is 0 Å². The maximum atomic E-state index is 12.9. The van der Waals surface area contributed by atoms with E-state index >= 15 is 0 Å². The summed E-state index contributed by atoms with van der Waals surface area (Å²) in [7, 11) is 0. The Morgan fingerprint density at radius 3 is 2.39 bits per heavy atom. The Balaban J connectivity index is 1.66. The largest absolute Gasteiger partial charge is 0.426 e. The first-order valence-corrected chi connectivity index (χ1v) is 10.8. The fraction of sp³-hybridized carbons (Fsp3) is 0.143. The molecule has 3 aromatic rings. The number of hydrogen-bond acceptors (Lipinski definition) is 4. The highest BCUT2D eigenvalue weighted by Crippen LogP contribution is 2.23. The minimum atomic E-state index is -0.539. The van der Waals surface area contributed by atoms with E-state index in [0.717, 1.165) is 22.3 Å².